The summed E-state index contributed by atoms with van der Waals surface area (Å²) < 4.78 is 30.4. The Kier molecular flexibility index (Phi) is 9.56. The molecule has 2 aromatic rings. The predicted octanol–water partition coefficient (Wildman–Crippen LogP) is 0.804. The van der Waals surface area contributed by atoms with Gasteiger partial charge in [0.1, 0.15) is 11.5 Å². The number of rotatable bonds is 13. The first-order valence-corrected chi connectivity index (χ1v) is 13.9. The number of hydrogen-bond donors (Lipinski definition) is 5. The highest BCUT2D eigenvalue weighted by atomic mass is 32.2. The molecule has 13 heteroatoms. The van der Waals surface area contributed by atoms with Crippen LogP contribution in [0.15, 0.2) is 58.4 Å². The fraction of sp³-hybridized carbons (Fsp3) is 0.348. The Morgan fingerprint density at radius 1 is 1.08 bits per heavy atom. The Bertz CT molecular complexity index is 1180. The molecule has 1 fully saturated rings. The zero-order valence-electron chi connectivity index (χ0n) is 19.6. The molecule has 0 aliphatic carbocycles. The molecule has 2 amide bonds. The third kappa shape index (κ3) is 9.06. The first-order valence-electron chi connectivity index (χ1n) is 11.2. The molecule has 36 heavy (non-hydrogen) atoms. The van der Waals surface area contributed by atoms with Crippen LogP contribution in [-0.2, 0) is 19.4 Å². The summed E-state index contributed by atoms with van der Waals surface area (Å²) in [6.07, 6.45) is 0.917. The van der Waals surface area contributed by atoms with Crippen molar-refractivity contribution in [3.8, 4) is 11.5 Å². The van der Waals surface area contributed by atoms with Crippen LogP contribution in [0.4, 0.5) is 5.69 Å². The standard InChI is InChI=1S/C23H30N6O5S2/c24-20(2-1-11-27-23(25)26)22(31)28-12-21(30)29-15-3-5-16(6-4-15)34-17-7-9-19(10-8-17)36(32,33)14-18-13-35-18/h3-10,18,20H,1-2,11-14,24H2,(H,28,31)(H,29,30)(H4,25,26,27). The van der Waals surface area contributed by atoms with E-state index in [-0.39, 0.29) is 28.4 Å². The Balaban J connectivity index is 1.42. The number of ether oxygens (including phenoxy) is 1. The molecule has 1 saturated heterocycles. The molecule has 194 valence electrons. The minimum Gasteiger partial charge on any atom is -0.457 e. The lowest BCUT2D eigenvalue weighted by Crippen LogP contribution is -2.43. The van der Waals surface area contributed by atoms with Crippen molar-refractivity contribution in [2.75, 3.05) is 29.9 Å². The SMILES string of the molecule is NC(N)=NCCCC(N)C(=O)NCC(=O)Nc1ccc(Oc2ccc(S(=O)(=O)CC3CS3)cc2)cc1. The van der Waals surface area contributed by atoms with Gasteiger partial charge in [-0.15, -0.1) is 0 Å². The smallest absolute Gasteiger partial charge is 0.243 e. The summed E-state index contributed by atoms with van der Waals surface area (Å²) in [5.41, 5.74) is 16.8. The van der Waals surface area contributed by atoms with Gasteiger partial charge in [-0.1, -0.05) is 0 Å². The molecule has 1 aliphatic rings. The summed E-state index contributed by atoms with van der Waals surface area (Å²) in [5.74, 6) is 1.18. The first-order chi connectivity index (χ1) is 17.1. The van der Waals surface area contributed by atoms with Gasteiger partial charge in [0.15, 0.2) is 15.8 Å². The number of nitrogens with two attached hydrogens (primary N) is 3. The van der Waals surface area contributed by atoms with Gasteiger partial charge in [0.2, 0.25) is 11.8 Å². The van der Waals surface area contributed by atoms with Crippen molar-refractivity contribution in [3.05, 3.63) is 48.5 Å². The van der Waals surface area contributed by atoms with Gasteiger partial charge in [-0.2, -0.15) is 11.8 Å². The second-order valence-corrected chi connectivity index (χ2v) is 11.5. The average molecular weight is 535 g/mol. The van der Waals surface area contributed by atoms with Crippen molar-refractivity contribution >= 4 is 45.1 Å². The van der Waals surface area contributed by atoms with Gasteiger partial charge >= 0.3 is 0 Å². The minimum atomic E-state index is -3.29. The van der Waals surface area contributed by atoms with Gasteiger partial charge in [0.25, 0.3) is 0 Å². The van der Waals surface area contributed by atoms with Gasteiger partial charge in [0, 0.05) is 23.2 Å². The van der Waals surface area contributed by atoms with E-state index < -0.39 is 27.7 Å². The molecular weight excluding hydrogens is 504 g/mol. The highest BCUT2D eigenvalue weighted by Gasteiger charge is 2.29. The fourth-order valence-electron chi connectivity index (χ4n) is 3.12. The lowest BCUT2D eigenvalue weighted by Gasteiger charge is -2.12. The van der Waals surface area contributed by atoms with Crippen LogP contribution in [-0.4, -0.2) is 62.1 Å². The van der Waals surface area contributed by atoms with Crippen LogP contribution in [0.2, 0.25) is 0 Å². The number of nitrogens with zero attached hydrogens (tertiary/aromatic N) is 1. The highest BCUT2D eigenvalue weighted by Crippen LogP contribution is 2.33. The third-order valence-corrected chi connectivity index (χ3v) is 8.11. The molecule has 8 N–H and O–H groups in total. The minimum absolute atomic E-state index is 0.0191. The van der Waals surface area contributed by atoms with Crippen LogP contribution in [0.25, 0.3) is 0 Å². The number of sulfone groups is 1. The van der Waals surface area contributed by atoms with Gasteiger partial charge in [0.05, 0.1) is 23.2 Å². The average Bonchev–Trinajstić information content (AvgIpc) is 3.65. The number of aliphatic imine (C=N–C) groups is 1. The van der Waals surface area contributed by atoms with Crippen molar-refractivity contribution < 1.29 is 22.7 Å². The quantitative estimate of drug-likeness (QED) is 0.107. The van der Waals surface area contributed by atoms with Crippen molar-refractivity contribution in [2.24, 2.45) is 22.2 Å². The molecule has 11 nitrogen and oxygen atoms in total. The number of carbonyl (C=O) groups excluding carboxylic acids is 2. The van der Waals surface area contributed by atoms with Gasteiger partial charge in [-0.25, -0.2) is 8.42 Å². The van der Waals surface area contributed by atoms with Crippen LogP contribution in [0.1, 0.15) is 12.8 Å². The number of hydrogen-bond acceptors (Lipinski definition) is 8. The molecule has 0 radical (unpaired) electrons. The molecule has 3 rings (SSSR count). The Labute approximate surface area is 214 Å². The lowest BCUT2D eigenvalue weighted by molar-refractivity contribution is -0.125. The van der Waals surface area contributed by atoms with E-state index in [4.69, 9.17) is 21.9 Å². The maximum absolute atomic E-state index is 12.3. The molecule has 2 aromatic carbocycles. The van der Waals surface area contributed by atoms with Crippen LogP contribution in [0, 0.1) is 0 Å². The summed E-state index contributed by atoms with van der Waals surface area (Å²) in [6, 6.07) is 12.1. The van der Waals surface area contributed by atoms with E-state index in [9.17, 15) is 18.0 Å². The number of anilines is 1. The number of nitrogens with one attached hydrogen (secondary N) is 2. The molecule has 0 bridgehead atoms. The van der Waals surface area contributed by atoms with E-state index >= 15 is 0 Å². The van der Waals surface area contributed by atoms with Crippen molar-refractivity contribution in [1.29, 1.82) is 0 Å². The van der Waals surface area contributed by atoms with Crippen molar-refractivity contribution in [3.63, 3.8) is 0 Å². The number of carbonyl (C=O) groups is 2. The Morgan fingerprint density at radius 2 is 1.69 bits per heavy atom. The zero-order valence-corrected chi connectivity index (χ0v) is 21.2. The maximum Gasteiger partial charge on any atom is 0.243 e. The van der Waals surface area contributed by atoms with Gasteiger partial charge in [-0.05, 0) is 61.4 Å². The van der Waals surface area contributed by atoms with Gasteiger partial charge < -0.3 is 32.6 Å². The van der Waals surface area contributed by atoms with Gasteiger partial charge in [-0.3, -0.25) is 14.6 Å². The maximum atomic E-state index is 12.3. The summed E-state index contributed by atoms with van der Waals surface area (Å²) in [6.45, 7) is 0.143. The van der Waals surface area contributed by atoms with E-state index in [0.717, 1.165) is 5.75 Å². The summed E-state index contributed by atoms with van der Waals surface area (Å²) in [5, 5.41) is 5.37. The topological polar surface area (TPSA) is 192 Å². The number of guanidine groups is 1. The van der Waals surface area contributed by atoms with Crippen LogP contribution < -0.4 is 32.6 Å². The molecule has 0 spiro atoms. The summed E-state index contributed by atoms with van der Waals surface area (Å²) in [7, 11) is -3.29. The summed E-state index contributed by atoms with van der Waals surface area (Å²) in [4.78, 5) is 28.3. The van der Waals surface area contributed by atoms with E-state index in [1.165, 1.54) is 12.1 Å². The van der Waals surface area contributed by atoms with E-state index in [1.54, 1.807) is 48.2 Å². The van der Waals surface area contributed by atoms with E-state index in [0.29, 0.717) is 36.6 Å². The largest absolute Gasteiger partial charge is 0.457 e. The number of amides is 2. The monoisotopic (exact) mass is 534 g/mol. The number of thioether (sulfide) groups is 1. The molecule has 2 atom stereocenters. The number of benzene rings is 2. The normalized spacial score (nSPS) is 15.4. The van der Waals surface area contributed by atoms with Crippen molar-refractivity contribution in [2.45, 2.75) is 29.0 Å². The molecule has 0 aromatic heterocycles. The molecule has 1 aliphatic heterocycles. The third-order valence-electron chi connectivity index (χ3n) is 5.09. The highest BCUT2D eigenvalue weighted by molar-refractivity contribution is 8.08. The molecule has 1 heterocycles. The molecular formula is C23H30N6O5S2. The fourth-order valence-corrected chi connectivity index (χ4v) is 5.79. The Hall–Kier alpha value is -3.29. The Morgan fingerprint density at radius 3 is 2.28 bits per heavy atom. The van der Waals surface area contributed by atoms with Crippen molar-refractivity contribution in [1.82, 2.24) is 5.32 Å². The second-order valence-electron chi connectivity index (χ2n) is 8.16. The van der Waals surface area contributed by atoms with Crippen LogP contribution >= 0.6 is 11.8 Å². The second kappa shape index (κ2) is 12.6. The zero-order chi connectivity index (χ0) is 26.1. The van der Waals surface area contributed by atoms with Crippen LogP contribution in [0.3, 0.4) is 0 Å². The molecule has 0 saturated carbocycles. The predicted molar refractivity (Wildman–Crippen MR) is 141 cm³/mol. The lowest BCUT2D eigenvalue weighted by atomic mass is 10.1. The summed E-state index contributed by atoms with van der Waals surface area (Å²) >= 11 is 1.64. The molecule has 2 unspecified atom stereocenters. The van der Waals surface area contributed by atoms with Crippen LogP contribution in [0.5, 0.6) is 11.5 Å². The first kappa shape index (κ1) is 27.3. The van der Waals surface area contributed by atoms with E-state index in [1.807, 2.05) is 0 Å². The van der Waals surface area contributed by atoms with E-state index in [2.05, 4.69) is 15.6 Å².